The molecule has 13 heteroatoms. The van der Waals surface area contributed by atoms with Gasteiger partial charge in [0.15, 0.2) is 6.61 Å². The van der Waals surface area contributed by atoms with Gasteiger partial charge >= 0.3 is 6.18 Å². The third-order valence-corrected chi connectivity index (χ3v) is 10.5. The lowest BCUT2D eigenvalue weighted by molar-refractivity contribution is -0.153. The average molecular weight is 712 g/mol. The Morgan fingerprint density at radius 2 is 1.49 bits per heavy atom. The van der Waals surface area contributed by atoms with Crippen LogP contribution in [0.1, 0.15) is 33.5 Å². The summed E-state index contributed by atoms with van der Waals surface area (Å²) in [6.07, 6.45) is -2.65. The Labute approximate surface area is 286 Å². The maximum Gasteiger partial charge on any atom is 0.422 e. The zero-order chi connectivity index (χ0) is 35.3. The van der Waals surface area contributed by atoms with E-state index in [2.05, 4.69) is 15.0 Å². The van der Waals surface area contributed by atoms with E-state index in [0.29, 0.717) is 26.9 Å². The molecule has 3 aromatic heterocycles. The highest BCUT2D eigenvalue weighted by Crippen LogP contribution is 2.28. The van der Waals surface area contributed by atoms with E-state index >= 15 is 0 Å². The topological polar surface area (TPSA) is 117 Å². The predicted molar refractivity (Wildman–Crippen MR) is 186 cm³/mol. The van der Waals surface area contributed by atoms with Crippen molar-refractivity contribution in [1.29, 1.82) is 0 Å². The van der Waals surface area contributed by atoms with Crippen molar-refractivity contribution in [2.24, 2.45) is 0 Å². The lowest BCUT2D eigenvalue weighted by atomic mass is 10.1. The van der Waals surface area contributed by atoms with Crippen molar-refractivity contribution in [1.82, 2.24) is 15.0 Å². The number of aromatic amines is 2. The number of halogens is 3. The number of aryl methyl sites for hydroxylation is 1. The van der Waals surface area contributed by atoms with Gasteiger partial charge in [-0.15, -0.1) is 0 Å². The number of aromatic nitrogens is 3. The molecule has 0 spiro atoms. The predicted octanol–water partition coefficient (Wildman–Crippen LogP) is 7.71. The van der Waals surface area contributed by atoms with Crippen LogP contribution in [0.2, 0.25) is 0 Å². The number of aliphatic hydroxyl groups excluding tert-OH is 1. The van der Waals surface area contributed by atoms with Crippen molar-refractivity contribution in [3.05, 3.63) is 113 Å². The molecule has 2 unspecified atom stereocenters. The maximum atomic E-state index is 12.7. The highest BCUT2D eigenvalue weighted by atomic mass is 32.2. The molecular weight excluding hydrogens is 676 g/mol. The Morgan fingerprint density at radius 3 is 2.16 bits per heavy atom. The molecule has 3 N–H and O–H groups in total. The number of hydrogen-bond donors (Lipinski definition) is 3. The molecule has 0 radical (unpaired) electrons. The molecular formula is C36H36F3N3O5S2. The summed E-state index contributed by atoms with van der Waals surface area (Å²) in [6.45, 7) is 4.19. The molecule has 2 atom stereocenters. The number of aliphatic hydroxyl groups is 1. The Kier molecular flexibility index (Phi) is 11.3. The summed E-state index contributed by atoms with van der Waals surface area (Å²) < 4.78 is 72.6. The first-order chi connectivity index (χ1) is 23.4. The zero-order valence-corrected chi connectivity index (χ0v) is 28.9. The van der Waals surface area contributed by atoms with Gasteiger partial charge in [0, 0.05) is 39.1 Å². The van der Waals surface area contributed by atoms with E-state index in [9.17, 15) is 26.7 Å². The first-order valence-corrected chi connectivity index (χ1v) is 17.8. The quantitative estimate of drug-likeness (QED) is 0.134. The van der Waals surface area contributed by atoms with Gasteiger partial charge in [-0.05, 0) is 67.8 Å². The van der Waals surface area contributed by atoms with Gasteiger partial charge in [0.1, 0.15) is 21.6 Å². The van der Waals surface area contributed by atoms with E-state index in [1.54, 1.807) is 32.4 Å². The number of pyridine rings is 1. The monoisotopic (exact) mass is 711 g/mol. The van der Waals surface area contributed by atoms with E-state index in [1.807, 2.05) is 68.4 Å². The standard InChI is InChI=1S/C18H16F3NO2S.C18H20N2O3S/c1-12-14(6-4-8-16(12)24-11-18(19,20)21)10-25(23)17-9-13-5-2-3-7-15(13)22-17;1-11-8-19-16(12(2)18(11)23-3)10-24(22)17-7-14-5-4-13(9-21)6-15(14)20-17/h2-9,22H,10-11H2,1H3;4-8,20-21H,9-10H2,1-3H3. The Balaban J connectivity index is 0.000000191. The van der Waals surface area contributed by atoms with Crippen molar-refractivity contribution in [2.75, 3.05) is 13.7 Å². The van der Waals surface area contributed by atoms with Crippen molar-refractivity contribution < 1.29 is 36.2 Å². The fraction of sp³-hybridized carbons (Fsp3) is 0.250. The molecule has 8 nitrogen and oxygen atoms in total. The van der Waals surface area contributed by atoms with Crippen LogP contribution in [0.25, 0.3) is 21.8 Å². The van der Waals surface area contributed by atoms with Gasteiger partial charge in [-0.25, -0.2) is 0 Å². The highest BCUT2D eigenvalue weighted by molar-refractivity contribution is 7.84. The number of rotatable bonds is 10. The van der Waals surface area contributed by atoms with Crippen molar-refractivity contribution in [2.45, 2.75) is 55.1 Å². The Bertz CT molecular complexity index is 2110. The van der Waals surface area contributed by atoms with E-state index in [1.165, 1.54) is 6.07 Å². The second-order valence-corrected chi connectivity index (χ2v) is 14.2. The second-order valence-electron chi connectivity index (χ2n) is 11.4. The number of nitrogens with one attached hydrogen (secondary N) is 2. The van der Waals surface area contributed by atoms with Crippen LogP contribution >= 0.6 is 0 Å². The molecule has 0 amide bonds. The van der Waals surface area contributed by atoms with Crippen LogP contribution in [0, 0.1) is 20.8 Å². The van der Waals surface area contributed by atoms with Crippen molar-refractivity contribution in [3.8, 4) is 11.5 Å². The number of methoxy groups -OCH3 is 1. The molecule has 49 heavy (non-hydrogen) atoms. The Hall–Kier alpha value is -4.46. The third-order valence-electron chi connectivity index (χ3n) is 7.93. The minimum absolute atomic E-state index is 0.0142. The summed E-state index contributed by atoms with van der Waals surface area (Å²) in [7, 11) is -0.947. The van der Waals surface area contributed by atoms with Crippen LogP contribution in [-0.4, -0.2) is 48.4 Å². The SMILES string of the molecule is COc1c(C)cnc(CS(=O)c2cc3ccc(CO)cc3[nH]2)c1C.Cc1c(CS(=O)c2cc3ccccc3[nH]2)cccc1OCC(F)(F)F. The van der Waals surface area contributed by atoms with Crippen LogP contribution in [-0.2, 0) is 39.7 Å². The molecule has 0 aliphatic carbocycles. The largest absolute Gasteiger partial charge is 0.496 e. The highest BCUT2D eigenvalue weighted by Gasteiger charge is 2.29. The molecule has 0 fully saturated rings. The van der Waals surface area contributed by atoms with Crippen molar-refractivity contribution in [3.63, 3.8) is 0 Å². The van der Waals surface area contributed by atoms with Gasteiger partial charge in [-0.2, -0.15) is 13.2 Å². The third kappa shape index (κ3) is 8.77. The van der Waals surface area contributed by atoms with E-state index in [4.69, 9.17) is 9.47 Å². The van der Waals surface area contributed by atoms with Crippen LogP contribution in [0.5, 0.6) is 11.5 Å². The number of H-pyrrole nitrogens is 2. The summed E-state index contributed by atoms with van der Waals surface area (Å²) in [5.41, 5.74) is 6.50. The van der Waals surface area contributed by atoms with E-state index in [0.717, 1.165) is 49.9 Å². The minimum Gasteiger partial charge on any atom is -0.496 e. The molecule has 0 saturated heterocycles. The molecule has 258 valence electrons. The molecule has 0 aliphatic rings. The second kappa shape index (κ2) is 15.4. The fourth-order valence-electron chi connectivity index (χ4n) is 5.31. The van der Waals surface area contributed by atoms with Gasteiger partial charge in [-0.1, -0.05) is 42.5 Å². The molecule has 3 aromatic carbocycles. The van der Waals surface area contributed by atoms with Gasteiger partial charge in [-0.3, -0.25) is 13.4 Å². The fourth-order valence-corrected chi connectivity index (χ4v) is 7.72. The van der Waals surface area contributed by atoms with Crippen molar-refractivity contribution >= 4 is 43.4 Å². The maximum absolute atomic E-state index is 12.7. The van der Waals surface area contributed by atoms with E-state index in [-0.39, 0.29) is 18.1 Å². The summed E-state index contributed by atoms with van der Waals surface area (Å²) in [5, 5.41) is 12.4. The first-order valence-electron chi connectivity index (χ1n) is 15.2. The minimum atomic E-state index is -4.39. The van der Waals surface area contributed by atoms with Gasteiger partial charge in [0.2, 0.25) is 0 Å². The summed E-state index contributed by atoms with van der Waals surface area (Å²) in [4.78, 5) is 10.7. The van der Waals surface area contributed by atoms with Crippen LogP contribution in [0.15, 0.2) is 89.0 Å². The number of para-hydroxylation sites is 1. The zero-order valence-electron chi connectivity index (χ0n) is 27.3. The average Bonchev–Trinajstić information content (AvgIpc) is 3.71. The molecule has 6 aromatic rings. The Morgan fingerprint density at radius 1 is 0.816 bits per heavy atom. The summed E-state index contributed by atoms with van der Waals surface area (Å²) in [5.74, 6) is 1.47. The van der Waals surface area contributed by atoms with Gasteiger partial charge in [0.25, 0.3) is 0 Å². The number of alkyl halides is 3. The smallest absolute Gasteiger partial charge is 0.422 e. The number of ether oxygens (including phenoxy) is 2. The van der Waals surface area contributed by atoms with Crippen LogP contribution < -0.4 is 9.47 Å². The number of benzene rings is 3. The summed E-state index contributed by atoms with van der Waals surface area (Å²) >= 11 is 0. The first kappa shape index (κ1) is 35.8. The number of hydrogen-bond acceptors (Lipinski definition) is 6. The molecule has 6 rings (SSSR count). The normalized spacial score (nSPS) is 12.8. The van der Waals surface area contributed by atoms with Crippen LogP contribution in [0.4, 0.5) is 13.2 Å². The van der Waals surface area contributed by atoms with Gasteiger partial charge < -0.3 is 24.5 Å². The van der Waals surface area contributed by atoms with Gasteiger partial charge in [0.05, 0.1) is 52.5 Å². The van der Waals surface area contributed by atoms with E-state index < -0.39 is 34.4 Å². The molecule has 0 saturated carbocycles. The molecule has 0 aliphatic heterocycles. The molecule has 0 bridgehead atoms. The lowest BCUT2D eigenvalue weighted by Crippen LogP contribution is -2.19. The molecule has 3 heterocycles. The number of nitrogens with zero attached hydrogens (tertiary/aromatic N) is 1. The summed E-state index contributed by atoms with van der Waals surface area (Å²) in [6, 6.07) is 21.8. The lowest BCUT2D eigenvalue weighted by Gasteiger charge is -2.13. The number of fused-ring (bicyclic) bond motifs is 2. The van der Waals surface area contributed by atoms with Crippen LogP contribution in [0.3, 0.4) is 0 Å².